The molecule has 0 heterocycles. The predicted octanol–water partition coefficient (Wildman–Crippen LogP) is 1.55. The Labute approximate surface area is 66.1 Å². The van der Waals surface area contributed by atoms with Crippen LogP contribution in [0.5, 0.6) is 0 Å². The third-order valence-corrected chi connectivity index (χ3v) is 1.49. The van der Waals surface area contributed by atoms with Gasteiger partial charge in [0, 0.05) is 5.69 Å². The molecule has 0 aliphatic heterocycles. The van der Waals surface area contributed by atoms with Gasteiger partial charge in [0.2, 0.25) is 0 Å². The molecule has 3 heteroatoms. The molecule has 11 heavy (non-hydrogen) atoms. The van der Waals surface area contributed by atoms with Crippen molar-refractivity contribution in [2.45, 2.75) is 6.92 Å². The first kappa shape index (κ1) is 7.88. The van der Waals surface area contributed by atoms with Crippen LogP contribution in [0.25, 0.3) is 0 Å². The Kier molecular flexibility index (Phi) is 2.33. The van der Waals surface area contributed by atoms with E-state index in [1.54, 1.807) is 7.11 Å². The number of hydrogen-bond acceptors (Lipinski definition) is 3. The first-order valence-electron chi connectivity index (χ1n) is 3.39. The molecule has 0 aliphatic carbocycles. The summed E-state index contributed by atoms with van der Waals surface area (Å²) >= 11 is 0. The van der Waals surface area contributed by atoms with Crippen molar-refractivity contribution in [1.29, 1.82) is 0 Å². The lowest BCUT2D eigenvalue weighted by Crippen LogP contribution is -1.97. The summed E-state index contributed by atoms with van der Waals surface area (Å²) in [7, 11) is 1.58. The first-order chi connectivity index (χ1) is 5.24. The van der Waals surface area contributed by atoms with Gasteiger partial charge in [0.1, 0.15) is 0 Å². The average molecular weight is 152 g/mol. The van der Waals surface area contributed by atoms with Crippen molar-refractivity contribution >= 4 is 11.4 Å². The van der Waals surface area contributed by atoms with Crippen molar-refractivity contribution in [2.75, 3.05) is 18.3 Å². The third-order valence-electron chi connectivity index (χ3n) is 1.49. The Hall–Kier alpha value is -1.22. The van der Waals surface area contributed by atoms with Crippen LogP contribution in [0.1, 0.15) is 5.56 Å². The molecule has 0 amide bonds. The zero-order valence-corrected chi connectivity index (χ0v) is 6.72. The molecule has 0 aliphatic rings. The molecule has 1 rings (SSSR count). The van der Waals surface area contributed by atoms with Gasteiger partial charge in [0.25, 0.3) is 0 Å². The molecule has 0 radical (unpaired) electrons. The minimum atomic E-state index is 0.798. The van der Waals surface area contributed by atoms with Gasteiger partial charge in [-0.25, -0.2) is 0 Å². The van der Waals surface area contributed by atoms with Gasteiger partial charge >= 0.3 is 0 Å². The highest BCUT2D eigenvalue weighted by Crippen LogP contribution is 2.15. The van der Waals surface area contributed by atoms with E-state index >= 15 is 0 Å². The number of nitrogens with one attached hydrogen (secondary N) is 1. The highest BCUT2D eigenvalue weighted by molar-refractivity contribution is 5.55. The van der Waals surface area contributed by atoms with E-state index in [4.69, 9.17) is 10.6 Å². The Morgan fingerprint density at radius 1 is 1.45 bits per heavy atom. The quantitative estimate of drug-likeness (QED) is 0.499. The third kappa shape index (κ3) is 1.85. The Balaban J connectivity index is 2.86. The standard InChI is InChI=1S/C8H12N2O/c1-6-5-7(10-11-2)3-4-8(6)9/h3-5,10H,9H2,1-2H3. The van der Waals surface area contributed by atoms with Gasteiger partial charge in [-0.3, -0.25) is 10.3 Å². The van der Waals surface area contributed by atoms with E-state index in [0.29, 0.717) is 0 Å². The maximum Gasteiger partial charge on any atom is 0.0636 e. The number of benzene rings is 1. The van der Waals surface area contributed by atoms with Crippen LogP contribution < -0.4 is 11.2 Å². The summed E-state index contributed by atoms with van der Waals surface area (Å²) in [4.78, 5) is 4.73. The van der Waals surface area contributed by atoms with E-state index in [1.165, 1.54) is 0 Å². The molecule has 0 bridgehead atoms. The summed E-state index contributed by atoms with van der Waals surface area (Å²) in [6.07, 6.45) is 0. The summed E-state index contributed by atoms with van der Waals surface area (Å²) in [6, 6.07) is 5.64. The maximum absolute atomic E-state index is 5.62. The minimum Gasteiger partial charge on any atom is -0.399 e. The molecule has 0 saturated carbocycles. The zero-order chi connectivity index (χ0) is 8.27. The number of aryl methyl sites for hydroxylation is 1. The fraction of sp³-hybridized carbons (Fsp3) is 0.250. The topological polar surface area (TPSA) is 47.3 Å². The average Bonchev–Trinajstić information content (AvgIpc) is 1.98. The molecule has 0 fully saturated rings. The summed E-state index contributed by atoms with van der Waals surface area (Å²) in [6.45, 7) is 1.95. The molecule has 0 saturated heterocycles. The summed E-state index contributed by atoms with van der Waals surface area (Å²) in [5.41, 5.74) is 11.1. The van der Waals surface area contributed by atoms with E-state index in [1.807, 2.05) is 25.1 Å². The Morgan fingerprint density at radius 2 is 2.18 bits per heavy atom. The van der Waals surface area contributed by atoms with Crippen molar-refractivity contribution in [3.63, 3.8) is 0 Å². The van der Waals surface area contributed by atoms with Gasteiger partial charge in [-0.05, 0) is 30.7 Å². The van der Waals surface area contributed by atoms with Gasteiger partial charge in [-0.2, -0.15) is 0 Å². The maximum atomic E-state index is 5.62. The van der Waals surface area contributed by atoms with E-state index < -0.39 is 0 Å². The smallest absolute Gasteiger partial charge is 0.0636 e. The van der Waals surface area contributed by atoms with Crippen LogP contribution >= 0.6 is 0 Å². The van der Waals surface area contributed by atoms with Gasteiger partial charge in [-0.15, -0.1) is 0 Å². The van der Waals surface area contributed by atoms with Crippen molar-refractivity contribution in [3.05, 3.63) is 23.8 Å². The van der Waals surface area contributed by atoms with Crippen LogP contribution in [0.15, 0.2) is 18.2 Å². The van der Waals surface area contributed by atoms with Gasteiger partial charge in [-0.1, -0.05) is 0 Å². The van der Waals surface area contributed by atoms with Crippen molar-refractivity contribution < 1.29 is 4.84 Å². The fourth-order valence-electron chi connectivity index (χ4n) is 0.857. The molecule has 0 spiro atoms. The second kappa shape index (κ2) is 3.25. The Morgan fingerprint density at radius 3 is 2.73 bits per heavy atom. The van der Waals surface area contributed by atoms with Gasteiger partial charge in [0.15, 0.2) is 0 Å². The SMILES string of the molecule is CONc1ccc(N)c(C)c1. The molecule has 0 atom stereocenters. The van der Waals surface area contributed by atoms with Crippen LogP contribution in [0.2, 0.25) is 0 Å². The minimum absolute atomic E-state index is 0.798. The van der Waals surface area contributed by atoms with E-state index in [0.717, 1.165) is 16.9 Å². The lowest BCUT2D eigenvalue weighted by molar-refractivity contribution is 0.271. The number of nitrogens with two attached hydrogens (primary N) is 1. The van der Waals surface area contributed by atoms with Crippen molar-refractivity contribution in [2.24, 2.45) is 0 Å². The molecular weight excluding hydrogens is 140 g/mol. The van der Waals surface area contributed by atoms with Crippen LogP contribution in [-0.4, -0.2) is 7.11 Å². The molecule has 1 aromatic carbocycles. The summed E-state index contributed by atoms with van der Waals surface area (Å²) in [5, 5.41) is 0. The lowest BCUT2D eigenvalue weighted by atomic mass is 10.2. The molecule has 60 valence electrons. The number of hydrogen-bond donors (Lipinski definition) is 2. The number of rotatable bonds is 2. The monoisotopic (exact) mass is 152 g/mol. The predicted molar refractivity (Wildman–Crippen MR) is 46.2 cm³/mol. The normalized spacial score (nSPS) is 9.64. The second-order valence-electron chi connectivity index (χ2n) is 2.38. The van der Waals surface area contributed by atoms with Gasteiger partial charge in [0.05, 0.1) is 12.8 Å². The van der Waals surface area contributed by atoms with E-state index in [9.17, 15) is 0 Å². The fourth-order valence-corrected chi connectivity index (χ4v) is 0.857. The number of nitrogen functional groups attached to an aromatic ring is 1. The van der Waals surface area contributed by atoms with Crippen molar-refractivity contribution in [3.8, 4) is 0 Å². The highest BCUT2D eigenvalue weighted by Gasteiger charge is 1.94. The van der Waals surface area contributed by atoms with E-state index in [-0.39, 0.29) is 0 Å². The first-order valence-corrected chi connectivity index (χ1v) is 3.39. The number of anilines is 2. The lowest BCUT2D eigenvalue weighted by Gasteiger charge is -2.04. The van der Waals surface area contributed by atoms with E-state index in [2.05, 4.69) is 5.48 Å². The van der Waals surface area contributed by atoms with Crippen LogP contribution in [0, 0.1) is 6.92 Å². The molecule has 0 aromatic heterocycles. The molecular formula is C8H12N2O. The summed E-state index contributed by atoms with van der Waals surface area (Å²) in [5.74, 6) is 0. The van der Waals surface area contributed by atoms with Crippen molar-refractivity contribution in [1.82, 2.24) is 0 Å². The highest BCUT2D eigenvalue weighted by atomic mass is 16.6. The van der Waals surface area contributed by atoms with Gasteiger partial charge < -0.3 is 5.73 Å². The molecule has 0 unspecified atom stereocenters. The molecule has 3 nitrogen and oxygen atoms in total. The molecule has 1 aromatic rings. The largest absolute Gasteiger partial charge is 0.399 e. The van der Waals surface area contributed by atoms with Crippen LogP contribution in [0.3, 0.4) is 0 Å². The van der Waals surface area contributed by atoms with Crippen LogP contribution in [0.4, 0.5) is 11.4 Å². The second-order valence-corrected chi connectivity index (χ2v) is 2.38. The zero-order valence-electron chi connectivity index (χ0n) is 6.72. The Bertz CT molecular complexity index is 248. The molecule has 3 N–H and O–H groups in total. The summed E-state index contributed by atoms with van der Waals surface area (Å²) < 4.78 is 0. The van der Waals surface area contributed by atoms with Crippen LogP contribution in [-0.2, 0) is 4.84 Å².